The van der Waals surface area contributed by atoms with Gasteiger partial charge in [0.1, 0.15) is 5.03 Å². The maximum atomic E-state index is 10.6. The number of hydrogen-bond acceptors (Lipinski definition) is 5. The number of carboxylic acids is 1. The van der Waals surface area contributed by atoms with E-state index in [1.807, 2.05) is 18.2 Å². The number of rotatable bonds is 6. The van der Waals surface area contributed by atoms with Crippen LogP contribution in [0.2, 0.25) is 0 Å². The van der Waals surface area contributed by atoms with Gasteiger partial charge in [0.05, 0.1) is 6.04 Å². The van der Waals surface area contributed by atoms with Crippen LogP contribution in [0.4, 0.5) is 0 Å². The van der Waals surface area contributed by atoms with Gasteiger partial charge in [-0.1, -0.05) is 16.9 Å². The standard InChI is InChI=1S/C9H11N2O2S2.V/c1-10-7(9(12)13)6-14-15-8-4-2-3-5-11-8;/h2-5,7,10H,1,6H2,(H,12,13);/q-1;. The first-order valence-electron chi connectivity index (χ1n) is 4.20. The van der Waals surface area contributed by atoms with Gasteiger partial charge in [-0.2, -0.15) is 0 Å². The largest absolute Gasteiger partial charge is 0.480 e. The second kappa shape index (κ2) is 8.95. The van der Waals surface area contributed by atoms with E-state index >= 15 is 0 Å². The Morgan fingerprint density at radius 1 is 1.62 bits per heavy atom. The molecule has 0 aromatic carbocycles. The van der Waals surface area contributed by atoms with Gasteiger partial charge < -0.3 is 10.4 Å². The summed E-state index contributed by atoms with van der Waals surface area (Å²) < 4.78 is 0. The van der Waals surface area contributed by atoms with Gasteiger partial charge in [0.15, 0.2) is 0 Å². The number of nitrogens with one attached hydrogen (secondary N) is 1. The van der Waals surface area contributed by atoms with Crippen molar-refractivity contribution in [3.05, 3.63) is 31.4 Å². The fourth-order valence-electron chi connectivity index (χ4n) is 0.776. The molecule has 0 saturated carbocycles. The minimum atomic E-state index is -0.890. The molecule has 2 N–H and O–H groups in total. The maximum absolute atomic E-state index is 10.6. The summed E-state index contributed by atoms with van der Waals surface area (Å²) in [4.78, 5) is 14.7. The van der Waals surface area contributed by atoms with E-state index in [0.717, 1.165) is 5.03 Å². The second-order valence-corrected chi connectivity index (χ2v) is 4.99. The van der Waals surface area contributed by atoms with Gasteiger partial charge in [0.2, 0.25) is 0 Å². The molecule has 4 nitrogen and oxygen atoms in total. The second-order valence-electron chi connectivity index (χ2n) is 2.63. The Labute approximate surface area is 114 Å². The number of carbonyl (C=O) groups is 1. The molecule has 0 fully saturated rings. The van der Waals surface area contributed by atoms with Crippen molar-refractivity contribution in [1.82, 2.24) is 10.3 Å². The third-order valence-electron chi connectivity index (χ3n) is 1.56. The molecule has 1 aromatic heterocycles. The zero-order valence-corrected chi connectivity index (χ0v) is 11.4. The summed E-state index contributed by atoms with van der Waals surface area (Å²) in [5.41, 5.74) is 0. The Bertz CT molecular complexity index is 314. The number of aromatic nitrogens is 1. The van der Waals surface area contributed by atoms with Crippen molar-refractivity contribution in [2.45, 2.75) is 11.1 Å². The van der Waals surface area contributed by atoms with Crippen molar-refractivity contribution in [3.63, 3.8) is 0 Å². The number of aliphatic carboxylic acids is 1. The first-order valence-corrected chi connectivity index (χ1v) is 6.52. The van der Waals surface area contributed by atoms with Crippen molar-refractivity contribution in [1.29, 1.82) is 0 Å². The van der Waals surface area contributed by atoms with E-state index in [0.29, 0.717) is 5.75 Å². The molecular formula is C9H11N2O2S2V-. The van der Waals surface area contributed by atoms with E-state index in [2.05, 4.69) is 17.3 Å². The SMILES string of the molecule is [CH2-]NC(CSSc1ccccn1)C(=O)O.[V]. The average Bonchev–Trinajstić information content (AvgIpc) is 2.25. The van der Waals surface area contributed by atoms with Gasteiger partial charge in [-0.25, -0.2) is 4.98 Å². The molecule has 0 aliphatic carbocycles. The quantitative estimate of drug-likeness (QED) is 0.614. The molecule has 0 saturated heterocycles. The van der Waals surface area contributed by atoms with Gasteiger partial charge >= 0.3 is 5.97 Å². The van der Waals surface area contributed by atoms with E-state index in [4.69, 9.17) is 5.11 Å². The molecule has 1 atom stereocenters. The first-order chi connectivity index (χ1) is 7.24. The predicted molar refractivity (Wildman–Crippen MR) is 62.5 cm³/mol. The van der Waals surface area contributed by atoms with E-state index in [9.17, 15) is 4.79 Å². The molecule has 7 heteroatoms. The summed E-state index contributed by atoms with van der Waals surface area (Å²) in [6, 6.07) is 4.99. The Morgan fingerprint density at radius 2 is 2.38 bits per heavy atom. The Kier molecular flexibility index (Phi) is 8.88. The maximum Gasteiger partial charge on any atom is 0.319 e. The number of nitrogens with zero attached hydrogens (tertiary/aromatic N) is 1. The monoisotopic (exact) mass is 294 g/mol. The Hall–Kier alpha value is -0.136. The van der Waals surface area contributed by atoms with Crippen molar-refractivity contribution in [2.24, 2.45) is 0 Å². The van der Waals surface area contributed by atoms with Crippen LogP contribution >= 0.6 is 21.6 Å². The van der Waals surface area contributed by atoms with Crippen LogP contribution in [-0.4, -0.2) is 27.9 Å². The van der Waals surface area contributed by atoms with Crippen molar-refractivity contribution in [3.8, 4) is 0 Å². The molecule has 87 valence electrons. The molecule has 0 spiro atoms. The summed E-state index contributed by atoms with van der Waals surface area (Å²) in [5, 5.41) is 12.1. The smallest absolute Gasteiger partial charge is 0.319 e. The summed E-state index contributed by atoms with van der Waals surface area (Å²) in [6.45, 7) is 0. The van der Waals surface area contributed by atoms with Crippen LogP contribution in [0.15, 0.2) is 29.4 Å². The van der Waals surface area contributed by atoms with Crippen LogP contribution in [0.3, 0.4) is 0 Å². The zero-order chi connectivity index (χ0) is 11.1. The number of carboxylic acid groups (broad SMARTS) is 1. The van der Waals surface area contributed by atoms with E-state index < -0.39 is 12.0 Å². The van der Waals surface area contributed by atoms with Crippen LogP contribution in [0, 0.1) is 7.05 Å². The van der Waals surface area contributed by atoms with E-state index in [-0.39, 0.29) is 18.6 Å². The number of hydrogen-bond donors (Lipinski definition) is 2. The van der Waals surface area contributed by atoms with Crippen LogP contribution in [0.25, 0.3) is 0 Å². The minimum Gasteiger partial charge on any atom is -0.480 e. The van der Waals surface area contributed by atoms with Crippen LogP contribution < -0.4 is 5.32 Å². The summed E-state index contributed by atoms with van der Waals surface area (Å²) in [5.74, 6) is -0.445. The van der Waals surface area contributed by atoms with Crippen LogP contribution in [0.5, 0.6) is 0 Å². The third kappa shape index (κ3) is 5.81. The Balaban J connectivity index is 0.00000225. The van der Waals surface area contributed by atoms with Crippen molar-refractivity contribution in [2.75, 3.05) is 5.75 Å². The topological polar surface area (TPSA) is 62.2 Å². The normalized spacial score (nSPS) is 11.6. The van der Waals surface area contributed by atoms with Crippen molar-refractivity contribution >= 4 is 27.6 Å². The predicted octanol–water partition coefficient (Wildman–Crippen LogP) is 1.65. The molecule has 0 aliphatic rings. The van der Waals surface area contributed by atoms with Crippen LogP contribution in [-0.2, 0) is 23.4 Å². The molecule has 1 aromatic rings. The molecule has 0 amide bonds. The van der Waals surface area contributed by atoms with Gasteiger partial charge in [-0.05, 0) is 22.9 Å². The molecule has 1 rings (SSSR count). The fourth-order valence-corrected chi connectivity index (χ4v) is 2.87. The van der Waals surface area contributed by atoms with Gasteiger partial charge in [-0.3, -0.25) is 11.8 Å². The van der Waals surface area contributed by atoms with Gasteiger partial charge in [0.25, 0.3) is 0 Å². The molecular weight excluding hydrogens is 283 g/mol. The third-order valence-corrected chi connectivity index (χ3v) is 3.83. The number of pyridine rings is 1. The molecule has 1 heterocycles. The van der Waals surface area contributed by atoms with Gasteiger partial charge in [0, 0.05) is 30.5 Å². The average molecular weight is 294 g/mol. The molecule has 1 unspecified atom stereocenters. The van der Waals surface area contributed by atoms with Crippen LogP contribution in [0.1, 0.15) is 0 Å². The summed E-state index contributed by atoms with van der Waals surface area (Å²) in [6.07, 6.45) is 1.71. The molecule has 16 heavy (non-hydrogen) atoms. The zero-order valence-electron chi connectivity index (χ0n) is 8.37. The Morgan fingerprint density at radius 3 is 2.88 bits per heavy atom. The first kappa shape index (κ1) is 15.9. The van der Waals surface area contributed by atoms with Crippen molar-refractivity contribution < 1.29 is 28.5 Å². The molecule has 0 bridgehead atoms. The molecule has 0 aliphatic heterocycles. The minimum absolute atomic E-state index is 0. The summed E-state index contributed by atoms with van der Waals surface area (Å²) >= 11 is 0. The van der Waals surface area contributed by atoms with E-state index in [1.165, 1.54) is 21.6 Å². The fraction of sp³-hybridized carbons (Fsp3) is 0.222. The summed E-state index contributed by atoms with van der Waals surface area (Å²) in [7, 11) is 6.26. The van der Waals surface area contributed by atoms with Gasteiger partial charge in [-0.15, -0.1) is 0 Å². The molecule has 1 radical (unpaired) electrons. The van der Waals surface area contributed by atoms with E-state index in [1.54, 1.807) is 6.20 Å².